The molecule has 1 aromatic carbocycles. The number of aryl methyl sites for hydroxylation is 2. The molecule has 110 valence electrons. The van der Waals surface area contributed by atoms with Gasteiger partial charge >= 0.3 is 0 Å². The van der Waals surface area contributed by atoms with E-state index < -0.39 is 10.0 Å². The fourth-order valence-electron chi connectivity index (χ4n) is 2.92. The number of morpholine rings is 1. The molecule has 1 aromatic rings. The summed E-state index contributed by atoms with van der Waals surface area (Å²) in [6, 6.07) is 5.46. The van der Waals surface area contributed by atoms with E-state index in [0.29, 0.717) is 30.0 Å². The first kappa shape index (κ1) is 14.5. The summed E-state index contributed by atoms with van der Waals surface area (Å²) >= 11 is 3.38. The Morgan fingerprint density at radius 3 is 2.90 bits per heavy atom. The summed E-state index contributed by atoms with van der Waals surface area (Å²) in [5.74, 6) is 0. The highest BCUT2D eigenvalue weighted by molar-refractivity contribution is 9.09. The lowest BCUT2D eigenvalue weighted by Crippen LogP contribution is -2.49. The van der Waals surface area contributed by atoms with Gasteiger partial charge in [-0.2, -0.15) is 4.31 Å². The highest BCUT2D eigenvalue weighted by atomic mass is 79.9. The maximum absolute atomic E-state index is 12.8. The number of fused-ring (bicyclic) bond motifs is 1. The maximum atomic E-state index is 12.8. The summed E-state index contributed by atoms with van der Waals surface area (Å²) in [4.78, 5) is 0.422. The lowest BCUT2D eigenvalue weighted by atomic mass is 10.1. The number of ether oxygens (including phenoxy) is 1. The van der Waals surface area contributed by atoms with Crippen LogP contribution < -0.4 is 0 Å². The second kappa shape index (κ2) is 5.75. The molecule has 1 atom stereocenters. The second-order valence-corrected chi connectivity index (χ2v) is 7.82. The van der Waals surface area contributed by atoms with Crippen LogP contribution >= 0.6 is 15.9 Å². The Morgan fingerprint density at radius 1 is 1.30 bits per heavy atom. The van der Waals surface area contributed by atoms with Crippen LogP contribution in [-0.4, -0.2) is 43.9 Å². The summed E-state index contributed by atoms with van der Waals surface area (Å²) < 4.78 is 32.6. The van der Waals surface area contributed by atoms with E-state index in [2.05, 4.69) is 15.9 Å². The number of rotatable bonds is 3. The highest BCUT2D eigenvalue weighted by Crippen LogP contribution is 2.27. The molecule has 0 bridgehead atoms. The maximum Gasteiger partial charge on any atom is 0.243 e. The van der Waals surface area contributed by atoms with Crippen molar-refractivity contribution in [3.05, 3.63) is 29.3 Å². The molecule has 1 aliphatic carbocycles. The largest absolute Gasteiger partial charge is 0.378 e. The van der Waals surface area contributed by atoms with Gasteiger partial charge in [0.25, 0.3) is 0 Å². The first-order valence-corrected chi connectivity index (χ1v) is 9.46. The van der Waals surface area contributed by atoms with E-state index >= 15 is 0 Å². The van der Waals surface area contributed by atoms with Gasteiger partial charge in [0.15, 0.2) is 0 Å². The predicted molar refractivity (Wildman–Crippen MR) is 80.8 cm³/mol. The van der Waals surface area contributed by atoms with Crippen LogP contribution in [0.15, 0.2) is 23.1 Å². The summed E-state index contributed by atoms with van der Waals surface area (Å²) in [5.41, 5.74) is 2.48. The average Bonchev–Trinajstić information content (AvgIpc) is 2.94. The number of hydrogen-bond acceptors (Lipinski definition) is 3. The zero-order valence-corrected chi connectivity index (χ0v) is 13.6. The van der Waals surface area contributed by atoms with E-state index in [1.807, 2.05) is 12.1 Å². The molecular formula is C14H18BrNO3S. The summed E-state index contributed by atoms with van der Waals surface area (Å²) in [7, 11) is -3.42. The molecule has 0 spiro atoms. The molecule has 1 fully saturated rings. The minimum absolute atomic E-state index is 0.123. The van der Waals surface area contributed by atoms with Crippen molar-refractivity contribution in [1.82, 2.24) is 4.31 Å². The predicted octanol–water partition coefficient (Wildman–Crippen LogP) is 1.96. The van der Waals surface area contributed by atoms with Gasteiger partial charge in [0.2, 0.25) is 10.0 Å². The van der Waals surface area contributed by atoms with E-state index in [1.54, 1.807) is 10.4 Å². The first-order valence-electron chi connectivity index (χ1n) is 6.90. The Kier molecular flexibility index (Phi) is 4.17. The Balaban J connectivity index is 1.94. The quantitative estimate of drug-likeness (QED) is 0.775. The van der Waals surface area contributed by atoms with Gasteiger partial charge in [-0.1, -0.05) is 22.0 Å². The third kappa shape index (κ3) is 2.54. The van der Waals surface area contributed by atoms with Crippen LogP contribution in [0.5, 0.6) is 0 Å². The Hall–Kier alpha value is -0.430. The van der Waals surface area contributed by atoms with E-state index in [0.717, 1.165) is 19.3 Å². The average molecular weight is 360 g/mol. The normalized spacial score (nSPS) is 23.8. The minimum Gasteiger partial charge on any atom is -0.378 e. The lowest BCUT2D eigenvalue weighted by Gasteiger charge is -2.33. The van der Waals surface area contributed by atoms with Crippen molar-refractivity contribution >= 4 is 26.0 Å². The van der Waals surface area contributed by atoms with Crippen molar-refractivity contribution in [2.24, 2.45) is 0 Å². The molecule has 4 nitrogen and oxygen atoms in total. The Labute approximate surface area is 128 Å². The molecule has 0 radical (unpaired) electrons. The topological polar surface area (TPSA) is 46.6 Å². The molecule has 3 rings (SSSR count). The molecule has 1 saturated heterocycles. The van der Waals surface area contributed by atoms with Crippen molar-refractivity contribution in [3.8, 4) is 0 Å². The standard InChI is InChI=1S/C14H18BrNO3S/c15-9-13-10-19-7-6-16(13)20(17,18)14-5-4-11-2-1-3-12(11)8-14/h4-5,8,13H,1-3,6-7,9-10H2. The molecule has 0 N–H and O–H groups in total. The van der Waals surface area contributed by atoms with Gasteiger partial charge in [-0.25, -0.2) is 8.42 Å². The van der Waals surface area contributed by atoms with Gasteiger partial charge in [0.05, 0.1) is 24.2 Å². The summed E-state index contributed by atoms with van der Waals surface area (Å²) in [5, 5.41) is 0.594. The van der Waals surface area contributed by atoms with Gasteiger partial charge in [-0.3, -0.25) is 0 Å². The van der Waals surface area contributed by atoms with Crippen LogP contribution in [0.4, 0.5) is 0 Å². The van der Waals surface area contributed by atoms with Crippen molar-refractivity contribution in [3.63, 3.8) is 0 Å². The molecule has 2 aliphatic rings. The SMILES string of the molecule is O=S(=O)(c1ccc2c(c1)CCC2)N1CCOCC1CBr. The van der Waals surface area contributed by atoms with Crippen molar-refractivity contribution in [2.45, 2.75) is 30.2 Å². The molecule has 20 heavy (non-hydrogen) atoms. The fourth-order valence-corrected chi connectivity index (χ4v) is 5.29. The number of benzene rings is 1. The fraction of sp³-hybridized carbons (Fsp3) is 0.571. The number of sulfonamides is 1. The van der Waals surface area contributed by atoms with Crippen molar-refractivity contribution in [2.75, 3.05) is 25.1 Å². The molecular weight excluding hydrogens is 342 g/mol. The number of alkyl halides is 1. The Morgan fingerprint density at radius 2 is 2.10 bits per heavy atom. The van der Waals surface area contributed by atoms with Crippen LogP contribution in [-0.2, 0) is 27.6 Å². The van der Waals surface area contributed by atoms with Crippen molar-refractivity contribution < 1.29 is 13.2 Å². The number of halogens is 1. The third-order valence-electron chi connectivity index (χ3n) is 4.03. The highest BCUT2D eigenvalue weighted by Gasteiger charge is 2.33. The van der Waals surface area contributed by atoms with Crippen LogP contribution in [0.3, 0.4) is 0 Å². The molecule has 6 heteroatoms. The molecule has 0 aromatic heterocycles. The van der Waals surface area contributed by atoms with Crippen LogP contribution in [0, 0.1) is 0 Å². The van der Waals surface area contributed by atoms with Gasteiger partial charge in [0.1, 0.15) is 0 Å². The van der Waals surface area contributed by atoms with E-state index in [4.69, 9.17) is 4.74 Å². The molecule has 1 unspecified atom stereocenters. The molecule has 1 heterocycles. The second-order valence-electron chi connectivity index (χ2n) is 5.28. The zero-order chi connectivity index (χ0) is 14.2. The smallest absolute Gasteiger partial charge is 0.243 e. The van der Waals surface area contributed by atoms with Gasteiger partial charge in [-0.05, 0) is 42.5 Å². The van der Waals surface area contributed by atoms with E-state index in [9.17, 15) is 8.42 Å². The third-order valence-corrected chi connectivity index (χ3v) is 6.72. The molecule has 0 amide bonds. The number of hydrogen-bond donors (Lipinski definition) is 0. The summed E-state index contributed by atoms with van der Waals surface area (Å²) in [6.45, 7) is 1.35. The van der Waals surface area contributed by atoms with Crippen molar-refractivity contribution in [1.29, 1.82) is 0 Å². The summed E-state index contributed by atoms with van der Waals surface area (Å²) in [6.07, 6.45) is 3.18. The lowest BCUT2D eigenvalue weighted by molar-refractivity contribution is 0.0413. The first-order chi connectivity index (χ1) is 9.63. The van der Waals surface area contributed by atoms with E-state index in [1.165, 1.54) is 11.1 Å². The van der Waals surface area contributed by atoms with Crippen LogP contribution in [0.1, 0.15) is 17.5 Å². The zero-order valence-electron chi connectivity index (χ0n) is 11.2. The minimum atomic E-state index is -3.42. The molecule has 1 aliphatic heterocycles. The van der Waals surface area contributed by atoms with Gasteiger partial charge in [0, 0.05) is 11.9 Å². The van der Waals surface area contributed by atoms with Crippen LogP contribution in [0.25, 0.3) is 0 Å². The van der Waals surface area contributed by atoms with Gasteiger partial charge < -0.3 is 4.74 Å². The van der Waals surface area contributed by atoms with E-state index in [-0.39, 0.29) is 6.04 Å². The van der Waals surface area contributed by atoms with Gasteiger partial charge in [-0.15, -0.1) is 0 Å². The monoisotopic (exact) mass is 359 g/mol. The molecule has 0 saturated carbocycles. The van der Waals surface area contributed by atoms with Crippen LogP contribution in [0.2, 0.25) is 0 Å². The number of nitrogens with zero attached hydrogens (tertiary/aromatic N) is 1. The Bertz CT molecular complexity index is 602.